The summed E-state index contributed by atoms with van der Waals surface area (Å²) >= 11 is 0. The van der Waals surface area contributed by atoms with Crippen LogP contribution in [0.2, 0.25) is 0 Å². The summed E-state index contributed by atoms with van der Waals surface area (Å²) in [5.74, 6) is 1.54. The van der Waals surface area contributed by atoms with Crippen LogP contribution in [0.5, 0.6) is 0 Å². The van der Waals surface area contributed by atoms with Crippen LogP contribution in [0, 0.1) is 11.7 Å². The maximum atomic E-state index is 13.4. The third-order valence-corrected chi connectivity index (χ3v) is 6.96. The molecule has 1 unspecified atom stereocenters. The minimum Gasteiger partial charge on any atom is -0.371 e. The van der Waals surface area contributed by atoms with Gasteiger partial charge in [-0.05, 0) is 66.3 Å². The normalized spacial score (nSPS) is 17.1. The Hall–Kier alpha value is -3.34. The maximum absolute atomic E-state index is 13.4. The Kier molecular flexibility index (Phi) is 4.63. The van der Waals surface area contributed by atoms with Crippen molar-refractivity contribution in [2.75, 3.05) is 18.0 Å². The average molecular weight is 427 g/mol. The van der Waals surface area contributed by atoms with Crippen molar-refractivity contribution in [1.29, 1.82) is 0 Å². The van der Waals surface area contributed by atoms with E-state index >= 15 is 0 Å². The first-order valence-electron chi connectivity index (χ1n) is 11.6. The quantitative estimate of drug-likeness (QED) is 0.345. The molecule has 0 radical (unpaired) electrons. The number of halogens is 1. The number of aromatic nitrogens is 3. The fraction of sp³-hybridized carbons (Fsp3) is 0.296. The van der Waals surface area contributed by atoms with E-state index in [1.165, 1.54) is 48.3 Å². The summed E-state index contributed by atoms with van der Waals surface area (Å²) in [5, 5.41) is 0. The molecule has 0 aliphatic carbocycles. The van der Waals surface area contributed by atoms with E-state index in [-0.39, 0.29) is 5.82 Å². The molecule has 2 aliphatic heterocycles. The first-order valence-corrected chi connectivity index (χ1v) is 11.6. The summed E-state index contributed by atoms with van der Waals surface area (Å²) in [4.78, 5) is 7.22. The SMILES string of the molecule is CCCC1CCN(c2ccc3c(c2)Cn2cc(-c4ccc(F)cc4)cc2-c2nccn2-3)C1. The first kappa shape index (κ1) is 19.4. The number of rotatable bonds is 4. The summed E-state index contributed by atoms with van der Waals surface area (Å²) < 4.78 is 17.9. The highest BCUT2D eigenvalue weighted by Crippen LogP contribution is 2.36. The lowest BCUT2D eigenvalue weighted by atomic mass is 10.0. The molecule has 1 atom stereocenters. The molecule has 2 aliphatic rings. The highest BCUT2D eigenvalue weighted by atomic mass is 19.1. The lowest BCUT2D eigenvalue weighted by Crippen LogP contribution is -2.20. The van der Waals surface area contributed by atoms with E-state index in [1.807, 2.05) is 24.5 Å². The minimum absolute atomic E-state index is 0.213. The summed E-state index contributed by atoms with van der Waals surface area (Å²) in [7, 11) is 0. The van der Waals surface area contributed by atoms with Crippen molar-refractivity contribution in [3.63, 3.8) is 0 Å². The van der Waals surface area contributed by atoms with Crippen LogP contribution in [0.25, 0.3) is 28.3 Å². The number of benzene rings is 2. The molecule has 0 bridgehead atoms. The third kappa shape index (κ3) is 3.24. The van der Waals surface area contributed by atoms with Crippen LogP contribution in [-0.2, 0) is 6.54 Å². The molecule has 2 aromatic carbocycles. The predicted molar refractivity (Wildman–Crippen MR) is 127 cm³/mol. The molecule has 0 amide bonds. The van der Waals surface area contributed by atoms with E-state index in [9.17, 15) is 4.39 Å². The van der Waals surface area contributed by atoms with Gasteiger partial charge in [-0.15, -0.1) is 0 Å². The minimum atomic E-state index is -0.213. The molecule has 4 aromatic rings. The molecule has 0 N–H and O–H groups in total. The van der Waals surface area contributed by atoms with Crippen LogP contribution in [0.4, 0.5) is 10.1 Å². The maximum Gasteiger partial charge on any atom is 0.161 e. The van der Waals surface area contributed by atoms with E-state index in [0.29, 0.717) is 0 Å². The van der Waals surface area contributed by atoms with Gasteiger partial charge < -0.3 is 9.47 Å². The van der Waals surface area contributed by atoms with Crippen LogP contribution in [0.1, 0.15) is 31.7 Å². The Labute approximate surface area is 187 Å². The Morgan fingerprint density at radius 3 is 2.78 bits per heavy atom. The van der Waals surface area contributed by atoms with Crippen molar-refractivity contribution in [1.82, 2.24) is 14.1 Å². The zero-order valence-electron chi connectivity index (χ0n) is 18.3. The smallest absolute Gasteiger partial charge is 0.161 e. The van der Waals surface area contributed by atoms with Gasteiger partial charge in [-0.25, -0.2) is 9.37 Å². The molecule has 1 fully saturated rings. The van der Waals surface area contributed by atoms with E-state index in [2.05, 4.69) is 56.4 Å². The van der Waals surface area contributed by atoms with Crippen molar-refractivity contribution in [3.8, 4) is 28.3 Å². The lowest BCUT2D eigenvalue weighted by molar-refractivity contribution is 0.530. The van der Waals surface area contributed by atoms with Crippen molar-refractivity contribution < 1.29 is 4.39 Å². The van der Waals surface area contributed by atoms with Crippen LogP contribution in [0.15, 0.2) is 67.1 Å². The van der Waals surface area contributed by atoms with Crippen molar-refractivity contribution in [2.24, 2.45) is 5.92 Å². The zero-order chi connectivity index (χ0) is 21.7. The van der Waals surface area contributed by atoms with E-state index in [1.54, 1.807) is 0 Å². The van der Waals surface area contributed by atoms with E-state index in [4.69, 9.17) is 0 Å². The van der Waals surface area contributed by atoms with Gasteiger partial charge in [-0.3, -0.25) is 4.57 Å². The van der Waals surface area contributed by atoms with E-state index in [0.717, 1.165) is 48.2 Å². The fourth-order valence-electron chi connectivity index (χ4n) is 5.34. The molecular weight excluding hydrogens is 399 g/mol. The zero-order valence-corrected chi connectivity index (χ0v) is 18.3. The van der Waals surface area contributed by atoms with Gasteiger partial charge in [0, 0.05) is 49.5 Å². The van der Waals surface area contributed by atoms with Crippen molar-refractivity contribution >= 4 is 5.69 Å². The number of imidazole rings is 1. The predicted octanol–water partition coefficient (Wildman–Crippen LogP) is 6.14. The highest BCUT2D eigenvalue weighted by molar-refractivity contribution is 5.72. The van der Waals surface area contributed by atoms with Gasteiger partial charge in [0.25, 0.3) is 0 Å². The topological polar surface area (TPSA) is 26.0 Å². The van der Waals surface area contributed by atoms with Gasteiger partial charge in [0.15, 0.2) is 5.82 Å². The number of fused-ring (bicyclic) bond motifs is 5. The number of hydrogen-bond acceptors (Lipinski definition) is 2. The largest absolute Gasteiger partial charge is 0.371 e. The highest BCUT2D eigenvalue weighted by Gasteiger charge is 2.25. The van der Waals surface area contributed by atoms with Gasteiger partial charge in [-0.1, -0.05) is 25.5 Å². The van der Waals surface area contributed by atoms with Gasteiger partial charge >= 0.3 is 0 Å². The Bertz CT molecular complexity index is 1270. The summed E-state index contributed by atoms with van der Waals surface area (Å²) in [6.07, 6.45) is 9.94. The molecule has 5 heteroatoms. The number of nitrogens with zero attached hydrogens (tertiary/aromatic N) is 4. The summed E-state index contributed by atoms with van der Waals surface area (Å²) in [6, 6.07) is 15.7. The van der Waals surface area contributed by atoms with Crippen LogP contribution in [-0.4, -0.2) is 27.2 Å². The Morgan fingerprint density at radius 2 is 1.94 bits per heavy atom. The molecule has 1 saturated heterocycles. The van der Waals surface area contributed by atoms with Gasteiger partial charge in [-0.2, -0.15) is 0 Å². The monoisotopic (exact) mass is 426 g/mol. The van der Waals surface area contributed by atoms with E-state index < -0.39 is 0 Å². The Balaban J connectivity index is 1.39. The van der Waals surface area contributed by atoms with Crippen LogP contribution < -0.4 is 4.90 Å². The summed E-state index contributed by atoms with van der Waals surface area (Å²) in [5.41, 5.74) is 6.97. The molecule has 6 rings (SSSR count). The second-order valence-corrected chi connectivity index (χ2v) is 9.07. The molecule has 4 nitrogen and oxygen atoms in total. The Morgan fingerprint density at radius 1 is 1.06 bits per heavy atom. The third-order valence-electron chi connectivity index (χ3n) is 6.96. The molecule has 32 heavy (non-hydrogen) atoms. The molecule has 4 heterocycles. The second-order valence-electron chi connectivity index (χ2n) is 9.07. The molecule has 0 saturated carbocycles. The van der Waals surface area contributed by atoms with Gasteiger partial charge in [0.1, 0.15) is 5.82 Å². The first-order chi connectivity index (χ1) is 15.7. The van der Waals surface area contributed by atoms with Gasteiger partial charge in [0.2, 0.25) is 0 Å². The molecular formula is C27H27FN4. The summed E-state index contributed by atoms with van der Waals surface area (Å²) in [6.45, 7) is 5.37. The molecule has 162 valence electrons. The van der Waals surface area contributed by atoms with Crippen molar-refractivity contribution in [3.05, 3.63) is 78.5 Å². The molecule has 0 spiro atoms. The van der Waals surface area contributed by atoms with Gasteiger partial charge in [0.05, 0.1) is 11.4 Å². The van der Waals surface area contributed by atoms with Crippen LogP contribution in [0.3, 0.4) is 0 Å². The lowest BCUT2D eigenvalue weighted by Gasteiger charge is -2.21. The standard InChI is InChI=1S/C27H27FN4/c1-2-3-19-10-12-30(16-19)24-8-9-25-22(14-24)18-31-17-21(20-4-6-23(28)7-5-20)15-26(31)27-29-11-13-32(25)27/h4-9,11,13-15,17,19H,2-3,10,12,16,18H2,1H3. The fourth-order valence-corrected chi connectivity index (χ4v) is 5.34. The number of anilines is 1. The average Bonchev–Trinajstić information content (AvgIpc) is 3.53. The van der Waals surface area contributed by atoms with Crippen LogP contribution >= 0.6 is 0 Å². The van der Waals surface area contributed by atoms with Crippen molar-refractivity contribution in [2.45, 2.75) is 32.7 Å². The second kappa shape index (κ2) is 7.66. The number of hydrogen-bond donors (Lipinski definition) is 0. The molecule has 2 aromatic heterocycles.